The lowest BCUT2D eigenvalue weighted by molar-refractivity contribution is -0.385. The second-order valence-corrected chi connectivity index (χ2v) is 5.23. The van der Waals surface area contributed by atoms with Gasteiger partial charge in [-0.25, -0.2) is 4.79 Å². The topological polar surface area (TPSA) is 101 Å². The van der Waals surface area contributed by atoms with Gasteiger partial charge in [0, 0.05) is 22.3 Å². The molecule has 0 aliphatic heterocycles. The molecule has 0 radical (unpaired) electrons. The molecule has 0 aromatic heterocycles. The average molecular weight is 271 g/mol. The number of nitro groups is 1. The van der Waals surface area contributed by atoms with Gasteiger partial charge in [-0.1, -0.05) is 6.92 Å². The monoisotopic (exact) mass is 271 g/mol. The van der Waals surface area contributed by atoms with Crippen LogP contribution in [0, 0.1) is 10.1 Å². The number of thioether (sulfide) groups is 1. The Morgan fingerprint density at radius 3 is 2.50 bits per heavy atom. The van der Waals surface area contributed by atoms with Gasteiger partial charge in [-0.2, -0.15) is 0 Å². The van der Waals surface area contributed by atoms with Crippen LogP contribution in [0.25, 0.3) is 0 Å². The van der Waals surface area contributed by atoms with E-state index in [9.17, 15) is 20.0 Å². The minimum Gasteiger partial charge on any atom is -0.478 e. The molecule has 2 unspecified atom stereocenters. The van der Waals surface area contributed by atoms with Gasteiger partial charge < -0.3 is 10.2 Å². The summed E-state index contributed by atoms with van der Waals surface area (Å²) in [5.74, 6) is -1.15. The van der Waals surface area contributed by atoms with Crippen molar-refractivity contribution in [1.29, 1.82) is 0 Å². The first-order valence-corrected chi connectivity index (χ1v) is 6.07. The molecule has 6 nitrogen and oxygen atoms in total. The highest BCUT2D eigenvalue weighted by atomic mass is 32.2. The number of nitro benzene ring substituents is 1. The minimum atomic E-state index is -1.15. The van der Waals surface area contributed by atoms with E-state index in [1.165, 1.54) is 12.1 Å². The first-order chi connectivity index (χ1) is 8.32. The molecule has 0 fully saturated rings. The number of non-ortho nitro benzene ring substituents is 1. The zero-order valence-electron chi connectivity index (χ0n) is 9.86. The summed E-state index contributed by atoms with van der Waals surface area (Å²) in [5.41, 5.74) is -0.168. The Labute approximate surface area is 108 Å². The van der Waals surface area contributed by atoms with Crippen LogP contribution in [0.1, 0.15) is 24.2 Å². The molecule has 0 heterocycles. The molecule has 18 heavy (non-hydrogen) atoms. The lowest BCUT2D eigenvalue weighted by Gasteiger charge is -2.15. The molecular formula is C11H13NO5S. The number of hydrogen-bond donors (Lipinski definition) is 2. The van der Waals surface area contributed by atoms with Gasteiger partial charge in [0.25, 0.3) is 5.69 Å². The zero-order valence-corrected chi connectivity index (χ0v) is 10.7. The summed E-state index contributed by atoms with van der Waals surface area (Å²) in [6.07, 6.45) is -0.643. The van der Waals surface area contributed by atoms with E-state index in [0.29, 0.717) is 0 Å². The van der Waals surface area contributed by atoms with Gasteiger partial charge in [0.1, 0.15) is 0 Å². The standard InChI is InChI=1S/C11H13NO5S/c1-6(13)7(2)18-10-5-8(12(16)17)3-4-9(10)11(14)15/h3-7,13H,1-2H3,(H,14,15). The molecule has 0 bridgehead atoms. The number of aromatic carboxylic acids is 1. The second-order valence-electron chi connectivity index (χ2n) is 3.81. The van der Waals surface area contributed by atoms with Crippen LogP contribution in [-0.2, 0) is 0 Å². The first kappa shape index (κ1) is 14.5. The molecule has 0 spiro atoms. The van der Waals surface area contributed by atoms with Crippen LogP contribution in [0.3, 0.4) is 0 Å². The predicted molar refractivity (Wildman–Crippen MR) is 67.1 cm³/mol. The van der Waals surface area contributed by atoms with Crippen molar-refractivity contribution < 1.29 is 19.9 Å². The summed E-state index contributed by atoms with van der Waals surface area (Å²) in [6.45, 7) is 3.30. The Bertz CT molecular complexity index is 475. The Hall–Kier alpha value is -1.60. The zero-order chi connectivity index (χ0) is 13.9. The molecule has 1 aromatic carbocycles. The number of carbonyl (C=O) groups is 1. The van der Waals surface area contributed by atoms with E-state index in [2.05, 4.69) is 0 Å². The molecule has 2 N–H and O–H groups in total. The fraction of sp³-hybridized carbons (Fsp3) is 0.364. The third-order valence-corrected chi connectivity index (χ3v) is 3.76. The summed E-state index contributed by atoms with van der Waals surface area (Å²) in [6, 6.07) is 3.57. The van der Waals surface area contributed by atoms with E-state index in [0.717, 1.165) is 17.8 Å². The maximum absolute atomic E-state index is 11.0. The molecule has 0 saturated heterocycles. The largest absolute Gasteiger partial charge is 0.478 e. The number of benzene rings is 1. The number of aliphatic hydroxyl groups excluding tert-OH is 1. The normalized spacial score (nSPS) is 13.9. The van der Waals surface area contributed by atoms with Crippen molar-refractivity contribution >= 4 is 23.4 Å². The molecule has 1 rings (SSSR count). The van der Waals surface area contributed by atoms with Gasteiger partial charge in [0.05, 0.1) is 16.6 Å². The number of aliphatic hydroxyl groups is 1. The van der Waals surface area contributed by atoms with Crippen molar-refractivity contribution in [1.82, 2.24) is 0 Å². The van der Waals surface area contributed by atoms with Crippen molar-refractivity contribution in [3.05, 3.63) is 33.9 Å². The highest BCUT2D eigenvalue weighted by molar-refractivity contribution is 8.00. The maximum atomic E-state index is 11.0. The highest BCUT2D eigenvalue weighted by Crippen LogP contribution is 2.31. The lowest BCUT2D eigenvalue weighted by Crippen LogP contribution is -2.15. The molecular weight excluding hydrogens is 258 g/mol. The Morgan fingerprint density at radius 2 is 2.06 bits per heavy atom. The molecule has 0 amide bonds. The SMILES string of the molecule is CC(O)C(C)Sc1cc([N+](=O)[O-])ccc1C(=O)O. The summed E-state index contributed by atoms with van der Waals surface area (Å²) in [4.78, 5) is 21.4. The molecule has 2 atom stereocenters. The van der Waals surface area contributed by atoms with Crippen molar-refractivity contribution in [2.75, 3.05) is 0 Å². The maximum Gasteiger partial charge on any atom is 0.336 e. The molecule has 98 valence electrons. The minimum absolute atomic E-state index is 0.00176. The molecule has 7 heteroatoms. The molecule has 1 aromatic rings. The van der Waals surface area contributed by atoms with E-state index in [1.54, 1.807) is 13.8 Å². The van der Waals surface area contributed by atoms with Gasteiger partial charge in [-0.15, -0.1) is 11.8 Å². The number of hydrogen-bond acceptors (Lipinski definition) is 5. The van der Waals surface area contributed by atoms with E-state index < -0.39 is 17.0 Å². The van der Waals surface area contributed by atoms with Crippen LogP contribution in [0.4, 0.5) is 5.69 Å². The van der Waals surface area contributed by atoms with Crippen LogP contribution in [-0.4, -0.2) is 32.5 Å². The van der Waals surface area contributed by atoms with Crippen LogP contribution in [0.15, 0.2) is 23.1 Å². The predicted octanol–water partition coefficient (Wildman–Crippen LogP) is 2.15. The molecule has 0 aliphatic rings. The molecule has 0 saturated carbocycles. The van der Waals surface area contributed by atoms with E-state index in [-0.39, 0.29) is 21.4 Å². The van der Waals surface area contributed by atoms with Crippen LogP contribution < -0.4 is 0 Å². The van der Waals surface area contributed by atoms with Crippen molar-refractivity contribution in [2.45, 2.75) is 30.1 Å². The van der Waals surface area contributed by atoms with Gasteiger partial charge >= 0.3 is 5.97 Å². The van der Waals surface area contributed by atoms with Crippen molar-refractivity contribution in [3.8, 4) is 0 Å². The van der Waals surface area contributed by atoms with Gasteiger partial charge in [-0.05, 0) is 13.0 Å². The summed E-state index contributed by atoms with van der Waals surface area (Å²) >= 11 is 1.10. The smallest absolute Gasteiger partial charge is 0.336 e. The number of carboxylic acids is 1. The number of carboxylic acid groups (broad SMARTS) is 1. The third-order valence-electron chi connectivity index (χ3n) is 2.40. The van der Waals surface area contributed by atoms with Crippen molar-refractivity contribution in [3.63, 3.8) is 0 Å². The van der Waals surface area contributed by atoms with Crippen LogP contribution in [0.5, 0.6) is 0 Å². The first-order valence-electron chi connectivity index (χ1n) is 5.19. The van der Waals surface area contributed by atoms with E-state index >= 15 is 0 Å². The fourth-order valence-electron chi connectivity index (χ4n) is 1.20. The van der Waals surface area contributed by atoms with Crippen LogP contribution in [0.2, 0.25) is 0 Å². The average Bonchev–Trinajstić information content (AvgIpc) is 2.28. The quantitative estimate of drug-likeness (QED) is 0.483. The third kappa shape index (κ3) is 3.44. The van der Waals surface area contributed by atoms with Gasteiger partial charge in [0.15, 0.2) is 0 Å². The Kier molecular flexibility index (Phi) is 4.69. The summed E-state index contributed by atoms with van der Waals surface area (Å²) < 4.78 is 0. The fourth-order valence-corrected chi connectivity index (χ4v) is 2.27. The highest BCUT2D eigenvalue weighted by Gasteiger charge is 2.19. The molecule has 0 aliphatic carbocycles. The summed E-state index contributed by atoms with van der Waals surface area (Å²) in [7, 11) is 0. The number of nitrogens with zero attached hydrogens (tertiary/aromatic N) is 1. The van der Waals surface area contributed by atoms with Crippen molar-refractivity contribution in [2.24, 2.45) is 0 Å². The van der Waals surface area contributed by atoms with E-state index in [4.69, 9.17) is 5.11 Å². The number of rotatable bonds is 5. The summed E-state index contributed by atoms with van der Waals surface area (Å²) in [5, 5.41) is 28.8. The van der Waals surface area contributed by atoms with Gasteiger partial charge in [0.2, 0.25) is 0 Å². The lowest BCUT2D eigenvalue weighted by atomic mass is 10.2. The Balaban J connectivity index is 3.15. The van der Waals surface area contributed by atoms with Gasteiger partial charge in [-0.3, -0.25) is 10.1 Å². The van der Waals surface area contributed by atoms with Crippen LogP contribution >= 0.6 is 11.8 Å². The second kappa shape index (κ2) is 5.83. The van der Waals surface area contributed by atoms with E-state index in [1.807, 2.05) is 0 Å². The Morgan fingerprint density at radius 1 is 1.44 bits per heavy atom.